The van der Waals surface area contributed by atoms with Gasteiger partial charge in [-0.1, -0.05) is 62.4 Å². The Bertz CT molecular complexity index is 1060. The van der Waals surface area contributed by atoms with Gasteiger partial charge in [-0.2, -0.15) is 0 Å². The summed E-state index contributed by atoms with van der Waals surface area (Å²) in [5.41, 5.74) is 0.911. The van der Waals surface area contributed by atoms with Crippen LogP contribution in [0.4, 0.5) is 0 Å². The molecule has 238 valence electrons. The zero-order chi connectivity index (χ0) is 31.4. The monoisotopic (exact) mass is 596 g/mol. The highest BCUT2D eigenvalue weighted by molar-refractivity contribution is 5.91. The van der Waals surface area contributed by atoms with E-state index >= 15 is 0 Å². The van der Waals surface area contributed by atoms with E-state index in [0.29, 0.717) is 31.8 Å². The number of terminal acetylenes is 1. The van der Waals surface area contributed by atoms with Crippen LogP contribution >= 0.6 is 0 Å². The molecule has 43 heavy (non-hydrogen) atoms. The Labute approximate surface area is 257 Å². The molecule has 2 fully saturated rings. The molecule has 0 bridgehead atoms. The van der Waals surface area contributed by atoms with Crippen LogP contribution in [0.5, 0.6) is 0 Å². The fraction of sp³-hybridized carbons (Fsp3) is 0.676. The van der Waals surface area contributed by atoms with Gasteiger partial charge in [0.25, 0.3) is 0 Å². The highest BCUT2D eigenvalue weighted by Crippen LogP contribution is 2.36. The molecule has 5 atom stereocenters. The van der Waals surface area contributed by atoms with Crippen LogP contribution in [-0.4, -0.2) is 96.3 Å². The Balaban J connectivity index is 1.72. The van der Waals surface area contributed by atoms with Gasteiger partial charge in [-0.05, 0) is 57.2 Å². The summed E-state index contributed by atoms with van der Waals surface area (Å²) in [5, 5.41) is 27.6. The highest BCUT2D eigenvalue weighted by Gasteiger charge is 2.40. The maximum atomic E-state index is 13.7. The number of amides is 3. The Morgan fingerprint density at radius 1 is 0.953 bits per heavy atom. The van der Waals surface area contributed by atoms with Crippen molar-refractivity contribution in [2.24, 2.45) is 17.8 Å². The van der Waals surface area contributed by atoms with Gasteiger partial charge < -0.3 is 30.6 Å². The molecule has 0 saturated heterocycles. The van der Waals surface area contributed by atoms with Crippen LogP contribution in [0.15, 0.2) is 30.3 Å². The van der Waals surface area contributed by atoms with Gasteiger partial charge in [0.05, 0.1) is 18.1 Å². The quantitative estimate of drug-likeness (QED) is 0.205. The Kier molecular flexibility index (Phi) is 14.0. The lowest BCUT2D eigenvalue weighted by Crippen LogP contribution is -2.56. The zero-order valence-corrected chi connectivity index (χ0v) is 26.2. The molecular weight excluding hydrogens is 544 g/mol. The van der Waals surface area contributed by atoms with Crippen LogP contribution in [0.3, 0.4) is 0 Å². The highest BCUT2D eigenvalue weighted by atomic mass is 16.3. The molecule has 9 heteroatoms. The van der Waals surface area contributed by atoms with Crippen molar-refractivity contribution < 1.29 is 24.6 Å². The third-order valence-corrected chi connectivity index (χ3v) is 8.89. The minimum absolute atomic E-state index is 0.00829. The second kappa shape index (κ2) is 17.4. The van der Waals surface area contributed by atoms with Crippen LogP contribution < -0.4 is 10.6 Å². The number of aliphatic hydroxyl groups is 2. The lowest BCUT2D eigenvalue weighted by Gasteiger charge is -2.33. The van der Waals surface area contributed by atoms with E-state index in [1.807, 2.05) is 49.3 Å². The molecule has 2 saturated carbocycles. The van der Waals surface area contributed by atoms with Crippen molar-refractivity contribution in [2.45, 2.75) is 94.9 Å². The van der Waals surface area contributed by atoms with Crippen molar-refractivity contribution >= 4 is 17.7 Å². The van der Waals surface area contributed by atoms with Crippen molar-refractivity contribution in [1.29, 1.82) is 0 Å². The molecule has 9 nitrogen and oxygen atoms in total. The summed E-state index contributed by atoms with van der Waals surface area (Å²) in [6.45, 7) is 1.23. The van der Waals surface area contributed by atoms with Crippen LogP contribution in [0.1, 0.15) is 69.8 Å². The standard InChI is InChI=1S/C34H52N4O5/c1-5-12-28(34(43)36-29(22-25-15-10-7-11-16-25)32(41)31(40)26-17-18-26)35-33(42)27(21-24-13-8-6-9-14-24)23-30(39)38(4)20-19-37(2)3/h1,6,8-9,13-14,25-29,31-32,40-41H,7,10-12,15-23H2,2-4H3,(H,35,42)(H,36,43)/t27?,28-,29?,31?,32+/m0/s1. The molecule has 1 aromatic rings. The molecular formula is C34H52N4O5. The van der Waals surface area contributed by atoms with Crippen molar-refractivity contribution in [2.75, 3.05) is 34.2 Å². The second-order valence-electron chi connectivity index (χ2n) is 12.9. The van der Waals surface area contributed by atoms with Crippen LogP contribution in [-0.2, 0) is 20.8 Å². The molecule has 0 radical (unpaired) electrons. The first-order valence-corrected chi connectivity index (χ1v) is 15.9. The molecule has 1 aromatic carbocycles. The molecule has 4 N–H and O–H groups in total. The molecule has 0 spiro atoms. The number of carbonyl (C=O) groups excluding carboxylic acids is 3. The maximum absolute atomic E-state index is 13.7. The fourth-order valence-corrected chi connectivity index (χ4v) is 5.92. The van der Waals surface area contributed by atoms with E-state index in [2.05, 4.69) is 16.6 Å². The fourth-order valence-electron chi connectivity index (χ4n) is 5.92. The van der Waals surface area contributed by atoms with E-state index < -0.39 is 42.0 Å². The molecule has 3 rings (SSSR count). The molecule has 3 unspecified atom stereocenters. The largest absolute Gasteiger partial charge is 0.390 e. The van der Waals surface area contributed by atoms with E-state index in [1.54, 1.807) is 11.9 Å². The molecule has 0 aliphatic heterocycles. The third kappa shape index (κ3) is 11.6. The summed E-state index contributed by atoms with van der Waals surface area (Å²) in [7, 11) is 5.60. The summed E-state index contributed by atoms with van der Waals surface area (Å²) in [6.07, 6.45) is 11.7. The number of nitrogens with zero attached hydrogens (tertiary/aromatic N) is 2. The van der Waals surface area contributed by atoms with Crippen LogP contribution in [0.2, 0.25) is 0 Å². The average molecular weight is 597 g/mol. The van der Waals surface area contributed by atoms with Gasteiger partial charge >= 0.3 is 0 Å². The Morgan fingerprint density at radius 2 is 1.63 bits per heavy atom. The zero-order valence-electron chi connectivity index (χ0n) is 26.2. The molecule has 2 aliphatic rings. The number of hydrogen-bond acceptors (Lipinski definition) is 6. The van der Waals surface area contributed by atoms with Crippen LogP contribution in [0.25, 0.3) is 0 Å². The Hall–Kier alpha value is -2.93. The first kappa shape index (κ1) is 34.6. The average Bonchev–Trinajstić information content (AvgIpc) is 3.85. The van der Waals surface area contributed by atoms with Crippen molar-refractivity contribution in [3.63, 3.8) is 0 Å². The van der Waals surface area contributed by atoms with E-state index in [1.165, 1.54) is 6.42 Å². The lowest BCUT2D eigenvalue weighted by molar-refractivity contribution is -0.137. The van der Waals surface area contributed by atoms with E-state index in [0.717, 1.165) is 44.1 Å². The van der Waals surface area contributed by atoms with E-state index in [-0.39, 0.29) is 24.7 Å². The number of carbonyl (C=O) groups is 3. The predicted molar refractivity (Wildman–Crippen MR) is 168 cm³/mol. The molecule has 0 aromatic heterocycles. The third-order valence-electron chi connectivity index (χ3n) is 8.89. The minimum Gasteiger partial charge on any atom is -0.390 e. The smallest absolute Gasteiger partial charge is 0.243 e. The van der Waals surface area contributed by atoms with Gasteiger partial charge in [0.15, 0.2) is 0 Å². The minimum atomic E-state index is -1.10. The summed E-state index contributed by atoms with van der Waals surface area (Å²) in [6, 6.07) is 7.81. The lowest BCUT2D eigenvalue weighted by atomic mass is 9.82. The summed E-state index contributed by atoms with van der Waals surface area (Å²) < 4.78 is 0. The molecule has 0 heterocycles. The summed E-state index contributed by atoms with van der Waals surface area (Å²) >= 11 is 0. The first-order chi connectivity index (χ1) is 20.6. The van der Waals surface area contributed by atoms with Crippen LogP contribution in [0, 0.1) is 30.1 Å². The van der Waals surface area contributed by atoms with Gasteiger partial charge in [-0.3, -0.25) is 14.4 Å². The first-order valence-electron chi connectivity index (χ1n) is 15.9. The van der Waals surface area contributed by atoms with Crippen molar-refractivity contribution in [3.05, 3.63) is 35.9 Å². The maximum Gasteiger partial charge on any atom is 0.243 e. The van der Waals surface area contributed by atoms with Crippen molar-refractivity contribution in [3.8, 4) is 12.3 Å². The summed E-state index contributed by atoms with van der Waals surface area (Å²) in [5.74, 6) is 1.14. The van der Waals surface area contributed by atoms with E-state index in [9.17, 15) is 24.6 Å². The number of hydrogen-bond donors (Lipinski definition) is 4. The van der Waals surface area contributed by atoms with Gasteiger partial charge in [0.2, 0.25) is 17.7 Å². The number of likely N-dealkylation sites (N-methyl/N-ethyl adjacent to an activating group) is 2. The SMILES string of the molecule is C#CC[C@H](NC(=O)C(CC(=O)N(C)CCN(C)C)Cc1ccccc1)C(=O)NC(CC1CCCCC1)[C@@H](O)C(O)C1CC1. The number of benzene rings is 1. The molecule has 3 amide bonds. The predicted octanol–water partition coefficient (Wildman–Crippen LogP) is 2.35. The van der Waals surface area contributed by atoms with Crippen molar-refractivity contribution in [1.82, 2.24) is 20.4 Å². The van der Waals surface area contributed by atoms with E-state index in [4.69, 9.17) is 6.42 Å². The second-order valence-corrected chi connectivity index (χ2v) is 12.9. The number of rotatable bonds is 17. The topological polar surface area (TPSA) is 122 Å². The number of aliphatic hydroxyl groups excluding tert-OH is 2. The summed E-state index contributed by atoms with van der Waals surface area (Å²) in [4.78, 5) is 44.0. The van der Waals surface area contributed by atoms with Gasteiger partial charge in [0, 0.05) is 33.0 Å². The number of nitrogens with one attached hydrogen (secondary N) is 2. The van der Waals surface area contributed by atoms with Gasteiger partial charge in [-0.15, -0.1) is 12.3 Å². The molecule has 2 aliphatic carbocycles. The Morgan fingerprint density at radius 3 is 2.23 bits per heavy atom. The van der Waals surface area contributed by atoms with Gasteiger partial charge in [-0.25, -0.2) is 0 Å². The van der Waals surface area contributed by atoms with Gasteiger partial charge in [0.1, 0.15) is 12.1 Å². The normalized spacial score (nSPS) is 19.0.